The van der Waals surface area contributed by atoms with Crippen molar-refractivity contribution in [3.8, 4) is 0 Å². The van der Waals surface area contributed by atoms with Crippen molar-refractivity contribution in [3.05, 3.63) is 27.4 Å². The number of aryl methyl sites for hydroxylation is 1. The number of aromatic amines is 1. The Morgan fingerprint density at radius 1 is 1.47 bits per heavy atom. The Kier molecular flexibility index (Phi) is 2.19. The molecule has 0 aliphatic heterocycles. The van der Waals surface area contributed by atoms with Gasteiger partial charge >= 0.3 is 5.69 Å². The lowest BCUT2D eigenvalue weighted by Gasteiger charge is -2.22. The molecule has 82 valence electrons. The van der Waals surface area contributed by atoms with Crippen LogP contribution in [0.1, 0.15) is 50.2 Å². The quantitative estimate of drug-likeness (QED) is 0.667. The van der Waals surface area contributed by atoms with E-state index in [0.29, 0.717) is 0 Å². The average Bonchev–Trinajstić information content (AvgIpc) is 2.44. The highest BCUT2D eigenvalue weighted by atomic mass is 16.1. The van der Waals surface area contributed by atoms with Crippen molar-refractivity contribution in [1.82, 2.24) is 9.97 Å². The number of nitrogens with zero attached hydrogens (tertiary/aromatic N) is 1. The summed E-state index contributed by atoms with van der Waals surface area (Å²) in [6.07, 6.45) is 1.76. The van der Waals surface area contributed by atoms with E-state index in [1.165, 1.54) is 0 Å². The van der Waals surface area contributed by atoms with Gasteiger partial charge in [-0.2, -0.15) is 4.98 Å². The number of hydrogen-bond acceptors (Lipinski definition) is 3. The molecule has 0 aromatic carbocycles. The molecule has 0 saturated carbocycles. The van der Waals surface area contributed by atoms with Crippen molar-refractivity contribution in [3.63, 3.8) is 0 Å². The second kappa shape index (κ2) is 3.17. The van der Waals surface area contributed by atoms with Gasteiger partial charge in [0.05, 0.1) is 5.69 Å². The number of nitrogens with one attached hydrogen (secondary N) is 1. The van der Waals surface area contributed by atoms with Crippen LogP contribution in [0, 0.1) is 0 Å². The Hall–Kier alpha value is -1.16. The minimum Gasteiger partial charge on any atom is -0.324 e. The maximum atomic E-state index is 11.4. The molecular formula is C11H17N3O. The molecule has 1 atom stereocenters. The molecule has 0 bridgehead atoms. The third kappa shape index (κ3) is 1.69. The van der Waals surface area contributed by atoms with E-state index in [-0.39, 0.29) is 17.1 Å². The molecule has 4 nitrogen and oxygen atoms in total. The Balaban J connectivity index is 2.70. The van der Waals surface area contributed by atoms with Gasteiger partial charge in [0.25, 0.3) is 0 Å². The minimum absolute atomic E-state index is 0.0265. The van der Waals surface area contributed by atoms with E-state index in [1.807, 2.05) is 0 Å². The molecule has 1 unspecified atom stereocenters. The number of fused-ring (bicyclic) bond motifs is 1. The molecule has 0 amide bonds. The monoisotopic (exact) mass is 207 g/mol. The highest BCUT2D eigenvalue weighted by Gasteiger charge is 2.30. The predicted octanol–water partition coefficient (Wildman–Crippen LogP) is 1.01. The normalized spacial score (nSPS) is 20.4. The summed E-state index contributed by atoms with van der Waals surface area (Å²) in [5.74, 6) is 0. The third-order valence-corrected chi connectivity index (χ3v) is 2.84. The van der Waals surface area contributed by atoms with Crippen LogP contribution in [0.3, 0.4) is 0 Å². The molecule has 3 N–H and O–H groups in total. The number of rotatable bonds is 0. The molecule has 1 aliphatic rings. The standard InChI is InChI=1S/C11H17N3O/c1-11(2,3)9-8-6(12)4-5-7(8)13-10(15)14-9/h6H,4-5,12H2,1-3H3,(H,13,14,15). The van der Waals surface area contributed by atoms with Crippen molar-refractivity contribution < 1.29 is 0 Å². The first kappa shape index (κ1) is 10.4. The van der Waals surface area contributed by atoms with Gasteiger partial charge in [0.2, 0.25) is 0 Å². The fraction of sp³-hybridized carbons (Fsp3) is 0.636. The molecule has 0 spiro atoms. The molecule has 0 radical (unpaired) electrons. The van der Waals surface area contributed by atoms with Crippen LogP contribution in [0.5, 0.6) is 0 Å². The van der Waals surface area contributed by atoms with Gasteiger partial charge in [-0.15, -0.1) is 0 Å². The van der Waals surface area contributed by atoms with Crippen LogP contribution in [-0.4, -0.2) is 9.97 Å². The summed E-state index contributed by atoms with van der Waals surface area (Å²) in [5, 5.41) is 0. The topological polar surface area (TPSA) is 71.8 Å². The molecular weight excluding hydrogens is 190 g/mol. The molecule has 15 heavy (non-hydrogen) atoms. The third-order valence-electron chi connectivity index (χ3n) is 2.84. The summed E-state index contributed by atoms with van der Waals surface area (Å²) in [6, 6.07) is 0.0265. The van der Waals surface area contributed by atoms with Crippen molar-refractivity contribution in [1.29, 1.82) is 0 Å². The van der Waals surface area contributed by atoms with Crippen LogP contribution in [-0.2, 0) is 11.8 Å². The van der Waals surface area contributed by atoms with Gasteiger partial charge in [0.15, 0.2) is 0 Å². The minimum atomic E-state index is -0.257. The maximum absolute atomic E-state index is 11.4. The fourth-order valence-corrected chi connectivity index (χ4v) is 2.14. The SMILES string of the molecule is CC(C)(C)c1nc(=O)[nH]c2c1C(N)CC2. The van der Waals surface area contributed by atoms with Crippen molar-refractivity contribution >= 4 is 0 Å². The zero-order valence-electron chi connectivity index (χ0n) is 9.42. The lowest BCUT2D eigenvalue weighted by atomic mass is 9.87. The van der Waals surface area contributed by atoms with Crippen molar-refractivity contribution in [2.24, 2.45) is 5.73 Å². The van der Waals surface area contributed by atoms with E-state index < -0.39 is 0 Å². The van der Waals surface area contributed by atoms with Crippen LogP contribution in [0.25, 0.3) is 0 Å². The smallest absolute Gasteiger partial charge is 0.324 e. The zero-order chi connectivity index (χ0) is 11.2. The first-order chi connectivity index (χ1) is 6.89. The zero-order valence-corrected chi connectivity index (χ0v) is 9.42. The Morgan fingerprint density at radius 3 is 2.73 bits per heavy atom. The number of aromatic nitrogens is 2. The fourth-order valence-electron chi connectivity index (χ4n) is 2.14. The lowest BCUT2D eigenvalue weighted by molar-refractivity contribution is 0.547. The van der Waals surface area contributed by atoms with Gasteiger partial charge < -0.3 is 10.7 Å². The van der Waals surface area contributed by atoms with Crippen LogP contribution in [0.4, 0.5) is 0 Å². The highest BCUT2D eigenvalue weighted by Crippen LogP contribution is 2.34. The summed E-state index contributed by atoms with van der Waals surface area (Å²) in [5.41, 5.74) is 8.54. The van der Waals surface area contributed by atoms with Crippen LogP contribution in [0.15, 0.2) is 4.79 Å². The second-order valence-corrected chi connectivity index (χ2v) is 5.18. The van der Waals surface area contributed by atoms with Crippen molar-refractivity contribution in [2.45, 2.75) is 45.1 Å². The van der Waals surface area contributed by atoms with Gasteiger partial charge in [0.1, 0.15) is 0 Å². The second-order valence-electron chi connectivity index (χ2n) is 5.18. The van der Waals surface area contributed by atoms with E-state index in [4.69, 9.17) is 5.73 Å². The predicted molar refractivity (Wildman–Crippen MR) is 58.8 cm³/mol. The first-order valence-electron chi connectivity index (χ1n) is 5.29. The van der Waals surface area contributed by atoms with Crippen LogP contribution >= 0.6 is 0 Å². The summed E-state index contributed by atoms with van der Waals surface area (Å²) in [6.45, 7) is 6.17. The van der Waals surface area contributed by atoms with E-state index in [0.717, 1.165) is 29.8 Å². The van der Waals surface area contributed by atoms with E-state index in [2.05, 4.69) is 30.7 Å². The molecule has 1 heterocycles. The van der Waals surface area contributed by atoms with Gasteiger partial charge in [-0.05, 0) is 12.8 Å². The van der Waals surface area contributed by atoms with Gasteiger partial charge in [-0.3, -0.25) is 0 Å². The van der Waals surface area contributed by atoms with Crippen LogP contribution in [0.2, 0.25) is 0 Å². The van der Waals surface area contributed by atoms with Gasteiger partial charge in [-0.1, -0.05) is 20.8 Å². The summed E-state index contributed by atoms with van der Waals surface area (Å²) in [7, 11) is 0. The summed E-state index contributed by atoms with van der Waals surface area (Å²) in [4.78, 5) is 18.3. The highest BCUT2D eigenvalue weighted by molar-refractivity contribution is 5.35. The Morgan fingerprint density at radius 2 is 2.13 bits per heavy atom. The van der Waals surface area contributed by atoms with E-state index >= 15 is 0 Å². The molecule has 1 aromatic heterocycles. The van der Waals surface area contributed by atoms with E-state index in [1.54, 1.807) is 0 Å². The largest absolute Gasteiger partial charge is 0.345 e. The summed E-state index contributed by atoms with van der Waals surface area (Å²) >= 11 is 0. The maximum Gasteiger partial charge on any atom is 0.345 e. The number of hydrogen-bond donors (Lipinski definition) is 2. The lowest BCUT2D eigenvalue weighted by Crippen LogP contribution is -2.26. The summed E-state index contributed by atoms with van der Waals surface area (Å²) < 4.78 is 0. The molecule has 0 fully saturated rings. The average molecular weight is 207 g/mol. The molecule has 1 aliphatic carbocycles. The van der Waals surface area contributed by atoms with Crippen LogP contribution < -0.4 is 11.4 Å². The number of nitrogens with two attached hydrogens (primary N) is 1. The molecule has 1 aromatic rings. The molecule has 2 rings (SSSR count). The van der Waals surface area contributed by atoms with Crippen molar-refractivity contribution in [2.75, 3.05) is 0 Å². The van der Waals surface area contributed by atoms with Gasteiger partial charge in [0, 0.05) is 22.7 Å². The number of H-pyrrole nitrogens is 1. The molecule has 4 heteroatoms. The Bertz CT molecular complexity index is 442. The Labute approximate surface area is 88.9 Å². The first-order valence-corrected chi connectivity index (χ1v) is 5.29. The van der Waals surface area contributed by atoms with E-state index in [9.17, 15) is 4.79 Å². The van der Waals surface area contributed by atoms with Gasteiger partial charge in [-0.25, -0.2) is 4.79 Å². The molecule has 0 saturated heterocycles.